The number of aromatic nitrogens is 1. The Morgan fingerprint density at radius 3 is 3.16 bits per heavy atom. The summed E-state index contributed by atoms with van der Waals surface area (Å²) in [6.07, 6.45) is 1.72. The Morgan fingerprint density at radius 1 is 1.47 bits per heavy atom. The number of hydrogen-bond acceptors (Lipinski definition) is 6. The molecule has 0 radical (unpaired) electrons. The lowest BCUT2D eigenvalue weighted by molar-refractivity contribution is 0.0276. The summed E-state index contributed by atoms with van der Waals surface area (Å²) in [5.74, 6) is 0.773. The van der Waals surface area contributed by atoms with Crippen LogP contribution in [0, 0.1) is 0 Å². The lowest BCUT2D eigenvalue weighted by atomic mass is 10.1. The molecule has 2 aromatic rings. The van der Waals surface area contributed by atoms with E-state index in [0.717, 1.165) is 31.0 Å². The molecule has 1 atom stereocenters. The molecular weight excluding hydrogens is 262 g/mol. The molecule has 0 bridgehead atoms. The fourth-order valence-corrected chi connectivity index (χ4v) is 2.55. The summed E-state index contributed by atoms with van der Waals surface area (Å²) in [6, 6.07) is 7.92. The van der Waals surface area contributed by atoms with Crippen LogP contribution in [0.5, 0.6) is 10.8 Å². The summed E-state index contributed by atoms with van der Waals surface area (Å²) in [5.41, 5.74) is 6.69. The van der Waals surface area contributed by atoms with Gasteiger partial charge in [-0.25, -0.2) is 4.98 Å². The summed E-state index contributed by atoms with van der Waals surface area (Å²) in [7, 11) is 0. The van der Waals surface area contributed by atoms with E-state index in [4.69, 9.17) is 15.2 Å². The van der Waals surface area contributed by atoms with Crippen molar-refractivity contribution in [2.75, 3.05) is 25.4 Å². The van der Waals surface area contributed by atoms with Crippen molar-refractivity contribution in [3.8, 4) is 10.8 Å². The van der Waals surface area contributed by atoms with Crippen LogP contribution in [0.15, 0.2) is 30.5 Å². The van der Waals surface area contributed by atoms with Crippen LogP contribution in [0.4, 0.5) is 5.13 Å². The summed E-state index contributed by atoms with van der Waals surface area (Å²) in [5, 5.41) is 4.51. The molecule has 1 aromatic heterocycles. The second kappa shape index (κ2) is 5.56. The van der Waals surface area contributed by atoms with Crippen molar-refractivity contribution in [3.05, 3.63) is 36.0 Å². The molecule has 1 aliphatic rings. The van der Waals surface area contributed by atoms with Crippen molar-refractivity contribution in [2.24, 2.45) is 0 Å². The normalized spacial score (nSPS) is 19.3. The van der Waals surface area contributed by atoms with Crippen LogP contribution in [-0.4, -0.2) is 24.7 Å². The number of benzene rings is 1. The summed E-state index contributed by atoms with van der Waals surface area (Å²) in [4.78, 5) is 3.96. The largest absolute Gasteiger partial charge is 0.445 e. The molecule has 0 aliphatic carbocycles. The first-order valence-corrected chi connectivity index (χ1v) is 6.94. The number of thiazole rings is 1. The molecule has 1 aromatic carbocycles. The highest BCUT2D eigenvalue weighted by atomic mass is 32.1. The number of nitrogens with two attached hydrogens (primary N) is 1. The number of morpholine rings is 1. The minimum absolute atomic E-state index is 0.0869. The number of hydrogen-bond donors (Lipinski definition) is 2. The van der Waals surface area contributed by atoms with E-state index in [1.54, 1.807) is 6.20 Å². The second-order valence-electron chi connectivity index (χ2n) is 4.26. The molecule has 3 rings (SSSR count). The number of nitrogens with zero attached hydrogens (tertiary/aromatic N) is 1. The van der Waals surface area contributed by atoms with E-state index >= 15 is 0 Å². The average Bonchev–Trinajstić information content (AvgIpc) is 2.85. The minimum atomic E-state index is 0.0869. The highest BCUT2D eigenvalue weighted by molar-refractivity contribution is 7.17. The summed E-state index contributed by atoms with van der Waals surface area (Å²) in [6.45, 7) is 2.48. The van der Waals surface area contributed by atoms with Gasteiger partial charge in [0.1, 0.15) is 5.75 Å². The van der Waals surface area contributed by atoms with Crippen LogP contribution in [0.2, 0.25) is 0 Å². The number of anilines is 1. The predicted molar refractivity (Wildman–Crippen MR) is 74.6 cm³/mol. The summed E-state index contributed by atoms with van der Waals surface area (Å²) < 4.78 is 11.5. The topological polar surface area (TPSA) is 69.4 Å². The van der Waals surface area contributed by atoms with Gasteiger partial charge in [-0.05, 0) is 17.7 Å². The third-order valence-electron chi connectivity index (χ3n) is 2.88. The zero-order chi connectivity index (χ0) is 13.1. The highest BCUT2D eigenvalue weighted by Gasteiger charge is 2.16. The molecule has 1 saturated heterocycles. The molecule has 2 heterocycles. The zero-order valence-corrected chi connectivity index (χ0v) is 11.2. The molecule has 3 N–H and O–H groups in total. The van der Waals surface area contributed by atoms with Crippen LogP contribution in [-0.2, 0) is 4.74 Å². The number of ether oxygens (including phenoxy) is 2. The first-order valence-electron chi connectivity index (χ1n) is 6.13. The maximum Gasteiger partial charge on any atom is 0.202 e. The van der Waals surface area contributed by atoms with E-state index in [1.807, 2.05) is 24.3 Å². The van der Waals surface area contributed by atoms with E-state index < -0.39 is 0 Å². The van der Waals surface area contributed by atoms with Crippen LogP contribution in [0.25, 0.3) is 0 Å². The quantitative estimate of drug-likeness (QED) is 0.900. The molecule has 0 spiro atoms. The van der Waals surface area contributed by atoms with Crippen molar-refractivity contribution in [1.29, 1.82) is 0 Å². The fraction of sp³-hybridized carbons (Fsp3) is 0.308. The van der Waals surface area contributed by atoms with E-state index in [9.17, 15) is 0 Å². The van der Waals surface area contributed by atoms with Gasteiger partial charge < -0.3 is 20.5 Å². The van der Waals surface area contributed by atoms with E-state index in [1.165, 1.54) is 11.3 Å². The van der Waals surface area contributed by atoms with E-state index in [0.29, 0.717) is 10.2 Å². The zero-order valence-electron chi connectivity index (χ0n) is 10.3. The Bertz CT molecular complexity index is 552. The Kier molecular flexibility index (Phi) is 3.63. The SMILES string of the molecule is Nc1ncc(Oc2cccc([C@@H]3CNCCO3)c2)s1. The van der Waals surface area contributed by atoms with Gasteiger partial charge in [0.25, 0.3) is 0 Å². The van der Waals surface area contributed by atoms with Gasteiger partial charge in [0, 0.05) is 13.1 Å². The smallest absolute Gasteiger partial charge is 0.202 e. The molecule has 6 heteroatoms. The average molecular weight is 277 g/mol. The molecular formula is C13H15N3O2S. The van der Waals surface area contributed by atoms with E-state index in [2.05, 4.69) is 10.3 Å². The van der Waals surface area contributed by atoms with Gasteiger partial charge >= 0.3 is 0 Å². The van der Waals surface area contributed by atoms with Gasteiger partial charge in [-0.15, -0.1) is 0 Å². The molecule has 0 amide bonds. The Balaban J connectivity index is 1.75. The van der Waals surface area contributed by atoms with Crippen LogP contribution in [0.1, 0.15) is 11.7 Å². The Labute approximate surface area is 115 Å². The fourth-order valence-electron chi connectivity index (χ4n) is 1.99. The lowest BCUT2D eigenvalue weighted by Gasteiger charge is -2.24. The third kappa shape index (κ3) is 3.04. The van der Waals surface area contributed by atoms with Gasteiger partial charge in [0.15, 0.2) is 5.13 Å². The first-order chi connectivity index (χ1) is 9.31. The molecule has 5 nitrogen and oxygen atoms in total. The summed E-state index contributed by atoms with van der Waals surface area (Å²) >= 11 is 1.32. The molecule has 0 saturated carbocycles. The molecule has 0 unspecified atom stereocenters. The van der Waals surface area contributed by atoms with Crippen molar-refractivity contribution in [2.45, 2.75) is 6.10 Å². The molecule has 1 aliphatic heterocycles. The van der Waals surface area contributed by atoms with Gasteiger partial charge in [-0.2, -0.15) is 0 Å². The van der Waals surface area contributed by atoms with Crippen molar-refractivity contribution in [3.63, 3.8) is 0 Å². The predicted octanol–water partition coefficient (Wildman–Crippen LogP) is 2.18. The lowest BCUT2D eigenvalue weighted by Crippen LogP contribution is -2.33. The molecule has 100 valence electrons. The molecule has 19 heavy (non-hydrogen) atoms. The third-order valence-corrected chi connectivity index (χ3v) is 3.58. The number of nitrogens with one attached hydrogen (secondary N) is 1. The van der Waals surface area contributed by atoms with Crippen molar-refractivity contribution < 1.29 is 9.47 Å². The minimum Gasteiger partial charge on any atom is -0.445 e. The second-order valence-corrected chi connectivity index (χ2v) is 5.28. The molecule has 1 fully saturated rings. The van der Waals surface area contributed by atoms with Crippen molar-refractivity contribution >= 4 is 16.5 Å². The van der Waals surface area contributed by atoms with Crippen LogP contribution >= 0.6 is 11.3 Å². The maximum absolute atomic E-state index is 5.73. The van der Waals surface area contributed by atoms with Gasteiger partial charge in [0.2, 0.25) is 5.06 Å². The number of nitrogen functional groups attached to an aromatic ring is 1. The Hall–Kier alpha value is -1.63. The van der Waals surface area contributed by atoms with E-state index in [-0.39, 0.29) is 6.10 Å². The van der Waals surface area contributed by atoms with Gasteiger partial charge in [-0.3, -0.25) is 0 Å². The highest BCUT2D eigenvalue weighted by Crippen LogP contribution is 2.30. The van der Waals surface area contributed by atoms with Crippen LogP contribution < -0.4 is 15.8 Å². The first kappa shape index (κ1) is 12.4. The monoisotopic (exact) mass is 277 g/mol. The number of rotatable bonds is 3. The van der Waals surface area contributed by atoms with Gasteiger partial charge in [-0.1, -0.05) is 23.5 Å². The standard InChI is InChI=1S/C13H15N3O2S/c14-13-16-8-12(19-13)18-10-3-1-2-9(6-10)11-7-15-4-5-17-11/h1-3,6,8,11,15H,4-5,7H2,(H2,14,16)/t11-/m0/s1. The van der Waals surface area contributed by atoms with Gasteiger partial charge in [0.05, 0.1) is 18.9 Å². The maximum atomic E-state index is 5.73. The van der Waals surface area contributed by atoms with Crippen molar-refractivity contribution in [1.82, 2.24) is 10.3 Å². The Morgan fingerprint density at radius 2 is 2.42 bits per heavy atom. The van der Waals surface area contributed by atoms with Crippen LogP contribution in [0.3, 0.4) is 0 Å².